The van der Waals surface area contributed by atoms with Crippen LogP contribution in [0.1, 0.15) is 12.0 Å². The van der Waals surface area contributed by atoms with Gasteiger partial charge in [-0.05, 0) is 12.0 Å². The van der Waals surface area contributed by atoms with E-state index in [1.54, 1.807) is 0 Å². The van der Waals surface area contributed by atoms with Gasteiger partial charge in [0.05, 0.1) is 25.7 Å². The van der Waals surface area contributed by atoms with Gasteiger partial charge in [-0.1, -0.05) is 30.3 Å². The number of fused-ring (bicyclic) bond motifs is 1. The molecule has 0 radical (unpaired) electrons. The molecular weight excluding hydrogens is 204 g/mol. The summed E-state index contributed by atoms with van der Waals surface area (Å²) < 4.78 is 10.5. The average Bonchev–Trinajstić information content (AvgIpc) is 2.89. The number of esters is 1. The second-order valence-electron chi connectivity index (χ2n) is 4.58. The number of hydrogen-bond donors (Lipinski definition) is 0. The molecule has 3 nitrogen and oxygen atoms in total. The summed E-state index contributed by atoms with van der Waals surface area (Å²) in [5.74, 6) is -0.252. The minimum absolute atomic E-state index is 0.0626. The molecule has 1 aliphatic carbocycles. The standard InChI is InChI=1S/C13H14O3/c1-15-12(14)11-10-7-13(11,8-16-10)9-5-3-2-4-6-9/h2-6,10-11H,7-8H2,1H3/t10-,11+,13-/m1/s1. The Morgan fingerprint density at radius 1 is 1.44 bits per heavy atom. The zero-order valence-electron chi connectivity index (χ0n) is 9.18. The van der Waals surface area contributed by atoms with E-state index < -0.39 is 0 Å². The maximum absolute atomic E-state index is 11.7. The molecule has 0 unspecified atom stereocenters. The molecule has 3 fully saturated rings. The number of carbonyl (C=O) groups excluding carboxylic acids is 1. The Hall–Kier alpha value is -1.35. The number of rotatable bonds is 2. The monoisotopic (exact) mass is 218 g/mol. The van der Waals surface area contributed by atoms with Crippen molar-refractivity contribution >= 4 is 5.97 Å². The fourth-order valence-corrected chi connectivity index (χ4v) is 3.01. The first-order chi connectivity index (χ1) is 7.78. The van der Waals surface area contributed by atoms with Crippen molar-refractivity contribution in [3.63, 3.8) is 0 Å². The van der Waals surface area contributed by atoms with E-state index in [2.05, 4.69) is 12.1 Å². The molecule has 3 heteroatoms. The molecule has 1 aromatic rings. The van der Waals surface area contributed by atoms with Crippen molar-refractivity contribution in [2.75, 3.05) is 13.7 Å². The summed E-state index contributed by atoms with van der Waals surface area (Å²) in [7, 11) is 1.44. The van der Waals surface area contributed by atoms with Crippen molar-refractivity contribution in [2.24, 2.45) is 5.92 Å². The summed E-state index contributed by atoms with van der Waals surface area (Å²) in [6.07, 6.45) is 1.00. The molecule has 1 aromatic carbocycles. The summed E-state index contributed by atoms with van der Waals surface area (Å²) in [6, 6.07) is 10.1. The van der Waals surface area contributed by atoms with Crippen molar-refractivity contribution in [1.82, 2.24) is 0 Å². The van der Waals surface area contributed by atoms with Crippen LogP contribution in [0.15, 0.2) is 30.3 Å². The molecule has 2 bridgehead atoms. The lowest BCUT2D eigenvalue weighted by Gasteiger charge is -2.43. The molecule has 84 valence electrons. The molecule has 2 aliphatic heterocycles. The van der Waals surface area contributed by atoms with Gasteiger partial charge >= 0.3 is 5.97 Å². The van der Waals surface area contributed by atoms with Crippen LogP contribution in [-0.4, -0.2) is 25.8 Å². The predicted molar refractivity (Wildman–Crippen MR) is 58.0 cm³/mol. The highest BCUT2D eigenvalue weighted by Gasteiger charge is 2.65. The van der Waals surface area contributed by atoms with Crippen LogP contribution in [-0.2, 0) is 19.7 Å². The van der Waals surface area contributed by atoms with Gasteiger partial charge in [0.1, 0.15) is 0 Å². The van der Waals surface area contributed by atoms with Crippen molar-refractivity contribution in [1.29, 1.82) is 0 Å². The fraction of sp³-hybridized carbons (Fsp3) is 0.462. The first-order valence-corrected chi connectivity index (χ1v) is 5.53. The van der Waals surface area contributed by atoms with E-state index in [1.165, 1.54) is 12.7 Å². The molecule has 0 spiro atoms. The summed E-state index contributed by atoms with van der Waals surface area (Å²) in [6.45, 7) is 0.640. The van der Waals surface area contributed by atoms with Crippen LogP contribution in [0.2, 0.25) is 0 Å². The van der Waals surface area contributed by atoms with Gasteiger partial charge in [0.25, 0.3) is 0 Å². The van der Waals surface area contributed by atoms with Gasteiger partial charge in [0.2, 0.25) is 0 Å². The van der Waals surface area contributed by atoms with Gasteiger partial charge < -0.3 is 9.47 Å². The van der Waals surface area contributed by atoms with Crippen LogP contribution in [0.5, 0.6) is 0 Å². The number of methoxy groups -OCH3 is 1. The van der Waals surface area contributed by atoms with Gasteiger partial charge in [-0.25, -0.2) is 0 Å². The average molecular weight is 218 g/mol. The van der Waals surface area contributed by atoms with Crippen molar-refractivity contribution in [3.8, 4) is 0 Å². The van der Waals surface area contributed by atoms with Crippen LogP contribution in [0.4, 0.5) is 0 Å². The van der Waals surface area contributed by atoms with Crippen molar-refractivity contribution < 1.29 is 14.3 Å². The molecule has 0 amide bonds. The van der Waals surface area contributed by atoms with Gasteiger partial charge in [0, 0.05) is 5.41 Å². The van der Waals surface area contributed by atoms with Gasteiger partial charge in [-0.15, -0.1) is 0 Å². The molecule has 2 heterocycles. The lowest BCUT2D eigenvalue weighted by Crippen LogP contribution is -2.52. The Morgan fingerprint density at radius 3 is 2.81 bits per heavy atom. The Morgan fingerprint density at radius 2 is 2.19 bits per heavy atom. The third kappa shape index (κ3) is 1.09. The zero-order chi connectivity index (χ0) is 11.2. The fourth-order valence-electron chi connectivity index (χ4n) is 3.01. The highest BCUT2D eigenvalue weighted by molar-refractivity contribution is 5.78. The number of carbonyl (C=O) groups is 1. The largest absolute Gasteiger partial charge is 0.469 e. The Balaban J connectivity index is 1.97. The second-order valence-corrected chi connectivity index (χ2v) is 4.58. The topological polar surface area (TPSA) is 35.5 Å². The van der Waals surface area contributed by atoms with Crippen molar-refractivity contribution in [3.05, 3.63) is 35.9 Å². The van der Waals surface area contributed by atoms with E-state index in [1.807, 2.05) is 18.2 Å². The highest BCUT2D eigenvalue weighted by atomic mass is 16.5. The molecule has 0 aromatic heterocycles. The Bertz CT molecular complexity index is 410. The summed E-state index contributed by atoms with van der Waals surface area (Å²) >= 11 is 0. The Kier molecular flexibility index (Phi) is 2.04. The highest BCUT2D eigenvalue weighted by Crippen LogP contribution is 2.56. The van der Waals surface area contributed by atoms with Crippen LogP contribution in [0.25, 0.3) is 0 Å². The van der Waals surface area contributed by atoms with E-state index in [4.69, 9.17) is 9.47 Å². The lowest BCUT2D eigenvalue weighted by atomic mass is 9.57. The van der Waals surface area contributed by atoms with E-state index in [-0.39, 0.29) is 23.4 Å². The first kappa shape index (κ1) is 9.85. The normalized spacial score (nSPS) is 35.6. The van der Waals surface area contributed by atoms with Crippen LogP contribution >= 0.6 is 0 Å². The number of ether oxygens (including phenoxy) is 2. The predicted octanol–water partition coefficient (Wildman–Crippen LogP) is 1.52. The number of benzene rings is 1. The lowest BCUT2D eigenvalue weighted by molar-refractivity contribution is -0.154. The molecule has 3 aliphatic rings. The molecule has 0 N–H and O–H groups in total. The molecule has 3 atom stereocenters. The third-order valence-corrected chi connectivity index (χ3v) is 3.89. The SMILES string of the molecule is COC(=O)[C@@H]1[C@H]2C[C@]1(c1ccccc1)CO2. The molecule has 1 saturated carbocycles. The number of hydrogen-bond acceptors (Lipinski definition) is 3. The first-order valence-electron chi connectivity index (χ1n) is 5.53. The summed E-state index contributed by atoms with van der Waals surface area (Å²) in [5.41, 5.74) is 1.07. The third-order valence-electron chi connectivity index (χ3n) is 3.89. The second kappa shape index (κ2) is 3.32. The molecule has 4 rings (SSSR count). The smallest absolute Gasteiger partial charge is 0.312 e. The maximum Gasteiger partial charge on any atom is 0.312 e. The van der Waals surface area contributed by atoms with E-state index in [0.717, 1.165) is 6.42 Å². The van der Waals surface area contributed by atoms with Crippen molar-refractivity contribution in [2.45, 2.75) is 17.9 Å². The molecular formula is C13H14O3. The quantitative estimate of drug-likeness (QED) is 0.706. The van der Waals surface area contributed by atoms with Gasteiger partial charge in [0.15, 0.2) is 0 Å². The van der Waals surface area contributed by atoms with Crippen LogP contribution in [0, 0.1) is 5.92 Å². The van der Waals surface area contributed by atoms with E-state index in [9.17, 15) is 4.79 Å². The van der Waals surface area contributed by atoms with Gasteiger partial charge in [-0.3, -0.25) is 4.79 Å². The van der Waals surface area contributed by atoms with E-state index in [0.29, 0.717) is 6.61 Å². The summed E-state index contributed by atoms with van der Waals surface area (Å²) in [5, 5.41) is 0. The maximum atomic E-state index is 11.7. The van der Waals surface area contributed by atoms with Crippen LogP contribution < -0.4 is 0 Å². The van der Waals surface area contributed by atoms with Crippen LogP contribution in [0.3, 0.4) is 0 Å². The molecule has 2 saturated heterocycles. The van der Waals surface area contributed by atoms with Gasteiger partial charge in [-0.2, -0.15) is 0 Å². The minimum Gasteiger partial charge on any atom is -0.469 e. The minimum atomic E-state index is -0.141. The Labute approximate surface area is 94.4 Å². The zero-order valence-corrected chi connectivity index (χ0v) is 9.18. The molecule has 16 heavy (non-hydrogen) atoms. The van der Waals surface area contributed by atoms with E-state index >= 15 is 0 Å². The summed E-state index contributed by atoms with van der Waals surface area (Å²) in [4.78, 5) is 11.7.